The number of aliphatic hydroxyl groups excluding tert-OH is 3. The fraction of sp³-hybridized carbons (Fsp3) is 0.948. The lowest BCUT2D eigenvalue weighted by Gasteiger charge is -2.58. The van der Waals surface area contributed by atoms with Crippen LogP contribution in [0.1, 0.15) is 254 Å². The van der Waals surface area contributed by atoms with E-state index in [1.54, 1.807) is 0 Å². The van der Waals surface area contributed by atoms with Crippen LogP contribution in [0, 0.1) is 52.3 Å². The Hall–Kier alpha value is -0.990. The van der Waals surface area contributed by atoms with E-state index in [1.807, 2.05) is 0 Å². The molecule has 0 aromatic heterocycles. The van der Waals surface area contributed by atoms with Crippen LogP contribution in [0.2, 0.25) is 0 Å². The summed E-state index contributed by atoms with van der Waals surface area (Å²) in [5.41, 5.74) is 2.13. The van der Waals surface area contributed by atoms with E-state index in [0.717, 1.165) is 80.5 Å². The van der Waals surface area contributed by atoms with Crippen LogP contribution in [-0.2, 0) is 19.0 Å². The van der Waals surface area contributed by atoms with E-state index in [-0.39, 0.29) is 24.1 Å². The molecule has 7 nitrogen and oxygen atoms in total. The SMILES string of the molecule is CCCCCCCCCCCCCCCCCCCCCCCC(=O)OCC1OC(OC2CCC3(C)C(=CCC4C3CCC3(C)C(C(C)CCC(C)C(C)C)CCC43)C2)C(O)C(O)C1O. The van der Waals surface area contributed by atoms with Crippen molar-refractivity contribution in [3.8, 4) is 0 Å². The molecule has 5 rings (SSSR count). The minimum atomic E-state index is -1.44. The van der Waals surface area contributed by atoms with Gasteiger partial charge in [0.2, 0.25) is 0 Å². The van der Waals surface area contributed by atoms with Crippen molar-refractivity contribution in [1.82, 2.24) is 0 Å². The van der Waals surface area contributed by atoms with Gasteiger partial charge in [-0.3, -0.25) is 4.79 Å². The Morgan fingerprint density at radius 2 is 1.26 bits per heavy atom. The van der Waals surface area contributed by atoms with E-state index >= 15 is 0 Å². The van der Waals surface area contributed by atoms with E-state index in [2.05, 4.69) is 54.5 Å². The van der Waals surface area contributed by atoms with Crippen LogP contribution >= 0.6 is 0 Å². The number of esters is 1. The lowest BCUT2D eigenvalue weighted by atomic mass is 9.47. The second kappa shape index (κ2) is 28.0. The molecule has 65 heavy (non-hydrogen) atoms. The smallest absolute Gasteiger partial charge is 0.305 e. The Morgan fingerprint density at radius 1 is 0.692 bits per heavy atom. The zero-order valence-electron chi connectivity index (χ0n) is 43.4. The first-order chi connectivity index (χ1) is 31.3. The van der Waals surface area contributed by atoms with Gasteiger partial charge in [0.25, 0.3) is 0 Å². The minimum Gasteiger partial charge on any atom is -0.463 e. The molecular formula is C58H104O7. The predicted molar refractivity (Wildman–Crippen MR) is 267 cm³/mol. The monoisotopic (exact) mass is 913 g/mol. The molecule has 0 bridgehead atoms. The molecule has 14 atom stereocenters. The third-order valence-electron chi connectivity index (χ3n) is 18.9. The number of carbonyl (C=O) groups is 1. The number of hydrogen-bond acceptors (Lipinski definition) is 7. The quantitative estimate of drug-likeness (QED) is 0.0361. The van der Waals surface area contributed by atoms with Crippen molar-refractivity contribution in [2.45, 2.75) is 291 Å². The molecule has 14 unspecified atom stereocenters. The van der Waals surface area contributed by atoms with Crippen molar-refractivity contribution in [2.24, 2.45) is 52.3 Å². The van der Waals surface area contributed by atoms with Gasteiger partial charge in [0.15, 0.2) is 6.29 Å². The first-order valence-corrected chi connectivity index (χ1v) is 28.5. The van der Waals surface area contributed by atoms with E-state index in [9.17, 15) is 20.1 Å². The average Bonchev–Trinajstić information content (AvgIpc) is 3.65. The fourth-order valence-electron chi connectivity index (χ4n) is 14.1. The third-order valence-corrected chi connectivity index (χ3v) is 18.9. The van der Waals surface area contributed by atoms with Crippen molar-refractivity contribution in [3.63, 3.8) is 0 Å². The molecule has 378 valence electrons. The summed E-state index contributed by atoms with van der Waals surface area (Å²) in [6.07, 6.45) is 36.4. The molecule has 0 radical (unpaired) electrons. The van der Waals surface area contributed by atoms with Crippen LogP contribution in [0.4, 0.5) is 0 Å². The Labute approximate surface area is 400 Å². The summed E-state index contributed by atoms with van der Waals surface area (Å²) in [5, 5.41) is 32.6. The Balaban J connectivity index is 0.930. The van der Waals surface area contributed by atoms with Crippen molar-refractivity contribution >= 4 is 5.97 Å². The predicted octanol–water partition coefficient (Wildman–Crippen LogP) is 14.6. The van der Waals surface area contributed by atoms with Crippen LogP contribution in [0.5, 0.6) is 0 Å². The molecule has 7 heteroatoms. The highest BCUT2D eigenvalue weighted by atomic mass is 16.7. The molecule has 5 aliphatic rings. The van der Waals surface area contributed by atoms with E-state index < -0.39 is 30.7 Å². The normalized spacial score (nSPS) is 34.4. The van der Waals surface area contributed by atoms with Crippen LogP contribution < -0.4 is 0 Å². The average molecular weight is 913 g/mol. The molecule has 3 N–H and O–H groups in total. The van der Waals surface area contributed by atoms with Crippen LogP contribution in [0.15, 0.2) is 11.6 Å². The van der Waals surface area contributed by atoms with Gasteiger partial charge in [-0.1, -0.05) is 201 Å². The van der Waals surface area contributed by atoms with Crippen molar-refractivity contribution < 1.29 is 34.3 Å². The van der Waals surface area contributed by atoms with Gasteiger partial charge < -0.3 is 29.5 Å². The molecule has 1 saturated heterocycles. The standard InChI is InChI=1S/C58H104O7/c1-8-9-10-11-12-13-14-15-16-17-18-19-20-21-22-23-24-25-26-27-28-29-52(59)63-41-51-53(60)54(61)55(62)56(65-51)64-46-36-38-57(6)45(40-46)32-33-47-49-35-34-48(58(49,7)39-37-50(47)57)44(5)31-30-43(4)42(2)3/h32,42-44,46-51,53-56,60-62H,8-31,33-41H2,1-7H3. The van der Waals surface area contributed by atoms with Gasteiger partial charge in [-0.25, -0.2) is 0 Å². The summed E-state index contributed by atoms with van der Waals surface area (Å²) in [5.74, 6) is 5.17. The molecule has 0 aromatic carbocycles. The van der Waals surface area contributed by atoms with Crippen molar-refractivity contribution in [2.75, 3.05) is 6.61 Å². The van der Waals surface area contributed by atoms with Gasteiger partial charge >= 0.3 is 5.97 Å². The topological polar surface area (TPSA) is 105 Å². The molecule has 3 saturated carbocycles. The third kappa shape index (κ3) is 15.8. The summed E-state index contributed by atoms with van der Waals surface area (Å²) >= 11 is 0. The summed E-state index contributed by atoms with van der Waals surface area (Å²) < 4.78 is 18.1. The highest BCUT2D eigenvalue weighted by Crippen LogP contribution is 2.67. The molecule has 4 fully saturated rings. The number of unbranched alkanes of at least 4 members (excludes halogenated alkanes) is 20. The molecule has 0 amide bonds. The Kier molecular flexibility index (Phi) is 23.7. The molecule has 4 aliphatic carbocycles. The van der Waals surface area contributed by atoms with Crippen molar-refractivity contribution in [3.05, 3.63) is 11.6 Å². The molecule has 0 aromatic rings. The van der Waals surface area contributed by atoms with Gasteiger partial charge in [-0.15, -0.1) is 0 Å². The zero-order chi connectivity index (χ0) is 46.8. The number of ether oxygens (including phenoxy) is 3. The second-order valence-electron chi connectivity index (χ2n) is 23.8. The maximum Gasteiger partial charge on any atom is 0.305 e. The number of aliphatic hydroxyl groups is 3. The van der Waals surface area contributed by atoms with Gasteiger partial charge in [0.1, 0.15) is 31.0 Å². The number of fused-ring (bicyclic) bond motifs is 5. The maximum atomic E-state index is 12.7. The number of hydrogen-bond donors (Lipinski definition) is 3. The highest BCUT2D eigenvalue weighted by molar-refractivity contribution is 5.69. The van der Waals surface area contributed by atoms with Gasteiger partial charge in [0.05, 0.1) is 6.10 Å². The van der Waals surface area contributed by atoms with Gasteiger partial charge in [-0.05, 0) is 110 Å². The lowest BCUT2D eigenvalue weighted by Crippen LogP contribution is -2.60. The van der Waals surface area contributed by atoms with E-state index in [1.165, 1.54) is 160 Å². The molecule has 0 spiro atoms. The Morgan fingerprint density at radius 3 is 1.83 bits per heavy atom. The van der Waals surface area contributed by atoms with Crippen molar-refractivity contribution in [1.29, 1.82) is 0 Å². The Bertz CT molecular complexity index is 1360. The summed E-state index contributed by atoms with van der Waals surface area (Å²) in [4.78, 5) is 12.7. The largest absolute Gasteiger partial charge is 0.463 e. The van der Waals surface area contributed by atoms with E-state index in [4.69, 9.17) is 14.2 Å². The molecule has 1 heterocycles. The molecule has 1 aliphatic heterocycles. The van der Waals surface area contributed by atoms with Gasteiger partial charge in [-0.2, -0.15) is 0 Å². The number of rotatable bonds is 31. The first kappa shape index (κ1) is 54.9. The minimum absolute atomic E-state index is 0.140. The zero-order valence-corrected chi connectivity index (χ0v) is 43.4. The first-order valence-electron chi connectivity index (χ1n) is 28.5. The summed E-state index contributed by atoms with van der Waals surface area (Å²) in [6.45, 7) is 17.1. The second-order valence-corrected chi connectivity index (χ2v) is 23.8. The number of allylic oxidation sites excluding steroid dienone is 1. The highest BCUT2D eigenvalue weighted by Gasteiger charge is 2.59. The van der Waals surface area contributed by atoms with E-state index in [0.29, 0.717) is 17.8 Å². The van der Waals surface area contributed by atoms with Gasteiger partial charge in [0, 0.05) is 6.42 Å². The van der Waals surface area contributed by atoms with Crippen LogP contribution in [0.3, 0.4) is 0 Å². The van der Waals surface area contributed by atoms with Crippen LogP contribution in [-0.4, -0.2) is 64.7 Å². The summed E-state index contributed by atoms with van der Waals surface area (Å²) in [6, 6.07) is 0. The maximum absolute atomic E-state index is 12.7. The molecular weight excluding hydrogens is 809 g/mol. The number of carbonyl (C=O) groups excluding carboxylic acids is 1. The fourth-order valence-corrected chi connectivity index (χ4v) is 14.1. The van der Waals surface area contributed by atoms with Crippen LogP contribution in [0.25, 0.3) is 0 Å². The summed E-state index contributed by atoms with van der Waals surface area (Å²) in [7, 11) is 0. The lowest BCUT2D eigenvalue weighted by molar-refractivity contribution is -0.313.